The van der Waals surface area contributed by atoms with E-state index in [1.165, 1.54) is 10.5 Å². The summed E-state index contributed by atoms with van der Waals surface area (Å²) in [6.45, 7) is 8.68. The Morgan fingerprint density at radius 2 is 2.05 bits per heavy atom. The highest BCUT2D eigenvalue weighted by Crippen LogP contribution is 2.19. The summed E-state index contributed by atoms with van der Waals surface area (Å²) in [4.78, 5) is 1.39. The van der Waals surface area contributed by atoms with Crippen molar-refractivity contribution in [1.29, 1.82) is 0 Å². The van der Waals surface area contributed by atoms with Gasteiger partial charge in [-0.2, -0.15) is 0 Å². The normalized spacial score (nSPS) is 18.3. The number of aryl methyl sites for hydroxylation is 2. The largest absolute Gasteiger partial charge is 0.490 e. The van der Waals surface area contributed by atoms with Gasteiger partial charge in [-0.1, -0.05) is 12.1 Å². The molecule has 0 radical (unpaired) electrons. The molecule has 2 rings (SSSR count). The summed E-state index contributed by atoms with van der Waals surface area (Å²) < 4.78 is 11.0. The Bertz CT molecular complexity index is 402. The average molecular weight is 266 g/mol. The van der Waals surface area contributed by atoms with Gasteiger partial charge in [0.2, 0.25) is 0 Å². The minimum atomic E-state index is -0.423. The highest BCUT2D eigenvalue weighted by atomic mass is 16.5. The minimum Gasteiger partial charge on any atom is -0.490 e. The first-order valence-electron chi connectivity index (χ1n) is 6.94. The van der Waals surface area contributed by atoms with Gasteiger partial charge in [-0.05, 0) is 31.0 Å². The third kappa shape index (κ3) is 4.49. The number of aliphatic hydroxyl groups excluding tert-OH is 1. The van der Waals surface area contributed by atoms with E-state index in [2.05, 4.69) is 6.07 Å². The molecule has 0 amide bonds. The lowest BCUT2D eigenvalue weighted by Crippen LogP contribution is -3.15. The molecule has 1 heterocycles. The highest BCUT2D eigenvalue weighted by molar-refractivity contribution is 5.35. The van der Waals surface area contributed by atoms with Crippen molar-refractivity contribution in [2.45, 2.75) is 20.0 Å². The lowest BCUT2D eigenvalue weighted by atomic mass is 10.1. The molecule has 0 unspecified atom stereocenters. The van der Waals surface area contributed by atoms with Gasteiger partial charge in [-0.3, -0.25) is 0 Å². The number of nitrogens with one attached hydrogen (secondary N) is 1. The molecule has 0 aliphatic carbocycles. The summed E-state index contributed by atoms with van der Waals surface area (Å²) in [5.41, 5.74) is 2.28. The fourth-order valence-electron chi connectivity index (χ4n) is 2.31. The predicted molar refractivity (Wildman–Crippen MR) is 73.8 cm³/mol. The van der Waals surface area contributed by atoms with Gasteiger partial charge in [-0.25, -0.2) is 0 Å². The van der Waals surface area contributed by atoms with Gasteiger partial charge < -0.3 is 19.5 Å². The molecule has 0 bridgehead atoms. The maximum atomic E-state index is 10.0. The number of morpholine rings is 1. The van der Waals surface area contributed by atoms with Crippen molar-refractivity contribution < 1.29 is 19.5 Å². The van der Waals surface area contributed by atoms with E-state index in [-0.39, 0.29) is 0 Å². The van der Waals surface area contributed by atoms with E-state index < -0.39 is 6.10 Å². The van der Waals surface area contributed by atoms with Crippen LogP contribution in [-0.4, -0.2) is 50.7 Å². The second-order valence-electron chi connectivity index (χ2n) is 5.30. The molecule has 4 heteroatoms. The zero-order valence-electron chi connectivity index (χ0n) is 11.8. The molecule has 1 saturated heterocycles. The van der Waals surface area contributed by atoms with Crippen LogP contribution in [0, 0.1) is 13.8 Å². The number of aliphatic hydroxyl groups is 1. The van der Waals surface area contributed by atoms with Crippen LogP contribution < -0.4 is 9.64 Å². The molecule has 1 fully saturated rings. The predicted octanol–water partition coefficient (Wildman–Crippen LogP) is -0.0418. The second-order valence-corrected chi connectivity index (χ2v) is 5.30. The summed E-state index contributed by atoms with van der Waals surface area (Å²) in [5, 5.41) is 10.0. The van der Waals surface area contributed by atoms with E-state index in [9.17, 15) is 5.11 Å². The molecule has 1 aliphatic heterocycles. The van der Waals surface area contributed by atoms with E-state index in [1.807, 2.05) is 26.0 Å². The van der Waals surface area contributed by atoms with Gasteiger partial charge in [0, 0.05) is 0 Å². The Balaban J connectivity index is 1.79. The molecule has 0 aromatic heterocycles. The quantitative estimate of drug-likeness (QED) is 0.786. The molecule has 2 N–H and O–H groups in total. The van der Waals surface area contributed by atoms with Crippen LogP contribution in [0.3, 0.4) is 0 Å². The van der Waals surface area contributed by atoms with Crippen LogP contribution >= 0.6 is 0 Å². The Morgan fingerprint density at radius 3 is 2.79 bits per heavy atom. The Kier molecular flexibility index (Phi) is 5.19. The van der Waals surface area contributed by atoms with Crippen LogP contribution in [0.5, 0.6) is 5.75 Å². The van der Waals surface area contributed by atoms with Gasteiger partial charge in [0.25, 0.3) is 0 Å². The van der Waals surface area contributed by atoms with Crippen LogP contribution in [0.2, 0.25) is 0 Å². The van der Waals surface area contributed by atoms with Gasteiger partial charge in [0.1, 0.15) is 38.1 Å². The van der Waals surface area contributed by atoms with E-state index >= 15 is 0 Å². The number of hydrogen-bond donors (Lipinski definition) is 2. The van der Waals surface area contributed by atoms with E-state index in [0.717, 1.165) is 44.2 Å². The van der Waals surface area contributed by atoms with E-state index in [4.69, 9.17) is 9.47 Å². The van der Waals surface area contributed by atoms with Gasteiger partial charge >= 0.3 is 0 Å². The van der Waals surface area contributed by atoms with Crippen LogP contribution in [0.4, 0.5) is 0 Å². The van der Waals surface area contributed by atoms with E-state index in [1.54, 1.807) is 0 Å². The van der Waals surface area contributed by atoms with Crippen LogP contribution in [0.1, 0.15) is 11.1 Å². The van der Waals surface area contributed by atoms with Gasteiger partial charge in [-0.15, -0.1) is 0 Å². The number of hydrogen-bond acceptors (Lipinski definition) is 3. The van der Waals surface area contributed by atoms with E-state index in [0.29, 0.717) is 6.61 Å². The van der Waals surface area contributed by atoms with Gasteiger partial charge in [0.05, 0.1) is 13.2 Å². The maximum absolute atomic E-state index is 10.0. The molecule has 1 aliphatic rings. The summed E-state index contributed by atoms with van der Waals surface area (Å²) in [6, 6.07) is 6.13. The molecule has 1 aromatic carbocycles. The Morgan fingerprint density at radius 1 is 1.32 bits per heavy atom. The first-order chi connectivity index (χ1) is 9.15. The number of ether oxygens (including phenoxy) is 2. The van der Waals surface area contributed by atoms with Crippen molar-refractivity contribution in [2.75, 3.05) is 39.5 Å². The highest BCUT2D eigenvalue weighted by Gasteiger charge is 2.18. The maximum Gasteiger partial charge on any atom is 0.137 e. The van der Waals surface area contributed by atoms with Crippen LogP contribution in [-0.2, 0) is 4.74 Å². The lowest BCUT2D eigenvalue weighted by molar-refractivity contribution is -0.911. The fraction of sp³-hybridized carbons (Fsp3) is 0.600. The molecule has 106 valence electrons. The van der Waals surface area contributed by atoms with Crippen LogP contribution in [0.25, 0.3) is 0 Å². The number of benzene rings is 1. The summed E-state index contributed by atoms with van der Waals surface area (Å²) in [5.74, 6) is 0.871. The zero-order chi connectivity index (χ0) is 13.7. The van der Waals surface area contributed by atoms with Gasteiger partial charge in [0.15, 0.2) is 0 Å². The second kappa shape index (κ2) is 6.89. The third-order valence-corrected chi connectivity index (χ3v) is 3.50. The van der Waals surface area contributed by atoms with Crippen molar-refractivity contribution in [3.05, 3.63) is 29.3 Å². The molecule has 0 saturated carbocycles. The molecule has 19 heavy (non-hydrogen) atoms. The first kappa shape index (κ1) is 14.3. The molecular weight excluding hydrogens is 242 g/mol. The SMILES string of the molecule is Cc1ccc(C)c(OC[C@H](O)C[NH+]2CCOCC2)c1. The first-order valence-corrected chi connectivity index (χ1v) is 6.94. The molecule has 4 nitrogen and oxygen atoms in total. The third-order valence-electron chi connectivity index (χ3n) is 3.50. The van der Waals surface area contributed by atoms with Crippen molar-refractivity contribution >= 4 is 0 Å². The number of quaternary nitrogens is 1. The summed E-state index contributed by atoms with van der Waals surface area (Å²) in [6.07, 6.45) is -0.423. The monoisotopic (exact) mass is 266 g/mol. The standard InChI is InChI=1S/C15H23NO3/c1-12-3-4-13(2)15(9-12)19-11-14(17)10-16-5-7-18-8-6-16/h3-4,9,14,17H,5-8,10-11H2,1-2H3/p+1/t14-/m1/s1. The summed E-state index contributed by atoms with van der Waals surface area (Å²) >= 11 is 0. The lowest BCUT2D eigenvalue weighted by Gasteiger charge is -2.25. The van der Waals surface area contributed by atoms with Crippen molar-refractivity contribution in [3.63, 3.8) is 0 Å². The minimum absolute atomic E-state index is 0.356. The number of rotatable bonds is 5. The Hall–Kier alpha value is -1.10. The molecule has 0 spiro atoms. The molecular formula is C15H24NO3+. The van der Waals surface area contributed by atoms with Crippen molar-refractivity contribution in [2.24, 2.45) is 0 Å². The molecule has 1 aromatic rings. The summed E-state index contributed by atoms with van der Waals surface area (Å²) in [7, 11) is 0. The molecule has 1 atom stereocenters. The average Bonchev–Trinajstić information content (AvgIpc) is 2.41. The van der Waals surface area contributed by atoms with Crippen molar-refractivity contribution in [1.82, 2.24) is 0 Å². The van der Waals surface area contributed by atoms with Crippen molar-refractivity contribution in [3.8, 4) is 5.75 Å². The smallest absolute Gasteiger partial charge is 0.137 e. The fourth-order valence-corrected chi connectivity index (χ4v) is 2.31. The topological polar surface area (TPSA) is 43.1 Å². The van der Waals surface area contributed by atoms with Crippen LogP contribution in [0.15, 0.2) is 18.2 Å². The Labute approximate surface area is 114 Å². The zero-order valence-corrected chi connectivity index (χ0v) is 11.8.